The molecular weight excluding hydrogens is 438 g/mol. The van der Waals surface area contributed by atoms with Gasteiger partial charge in [0.2, 0.25) is 0 Å². The van der Waals surface area contributed by atoms with Gasteiger partial charge in [0.15, 0.2) is 11.5 Å². The van der Waals surface area contributed by atoms with Crippen molar-refractivity contribution in [2.24, 2.45) is 0 Å². The van der Waals surface area contributed by atoms with Gasteiger partial charge in [0.1, 0.15) is 12.1 Å². The summed E-state index contributed by atoms with van der Waals surface area (Å²) < 4.78 is 11.5. The second-order valence-electron chi connectivity index (χ2n) is 7.11. The Balaban J connectivity index is 0.000000162. The Kier molecular flexibility index (Phi) is 6.35. The van der Waals surface area contributed by atoms with E-state index in [0.29, 0.717) is 22.7 Å². The second kappa shape index (κ2) is 8.57. The van der Waals surface area contributed by atoms with Crippen LogP contribution < -0.4 is 15.2 Å². The number of nitrogen functional groups attached to an aromatic ring is 1. The van der Waals surface area contributed by atoms with E-state index in [4.69, 9.17) is 15.2 Å². The molecule has 2 heterocycles. The van der Waals surface area contributed by atoms with Crippen LogP contribution in [0.25, 0.3) is 10.9 Å². The molecule has 0 fully saturated rings. The first-order valence-corrected chi connectivity index (χ1v) is 10.7. The highest BCUT2D eigenvalue weighted by molar-refractivity contribution is 9.10. The first-order valence-electron chi connectivity index (χ1n) is 8.91. The molecule has 2 aromatic carbocycles. The number of rotatable bonds is 2. The Morgan fingerprint density at radius 2 is 1.79 bits per heavy atom. The highest BCUT2D eigenvalue weighted by atomic mass is 79.9. The normalized spacial score (nSPS) is 14.6. The fourth-order valence-electron chi connectivity index (χ4n) is 3.11. The number of thioether (sulfide) groups is 1. The standard InChI is InChI=1S/C11H13BrS.C10H11N3O2/c1-11(2)5-6-13-10-4-3-8(12)7-9(10)11;1-14-8-3-6-7(4-9(8)15-2)12-5-13-10(6)11/h3-4,7H,5-6H2,1-2H3;3-5H,1-2H3,(H2,11,12,13). The maximum atomic E-state index is 5.72. The minimum atomic E-state index is 0.352. The number of anilines is 1. The summed E-state index contributed by atoms with van der Waals surface area (Å²) in [5.41, 5.74) is 8.31. The van der Waals surface area contributed by atoms with Crippen molar-refractivity contribution in [1.82, 2.24) is 9.97 Å². The third-order valence-corrected chi connectivity index (χ3v) is 6.40. The predicted octanol–water partition coefficient (Wildman–Crippen LogP) is 5.45. The molecule has 148 valence electrons. The molecule has 0 unspecified atom stereocenters. The zero-order valence-electron chi connectivity index (χ0n) is 16.5. The number of halogens is 1. The van der Waals surface area contributed by atoms with Gasteiger partial charge in [-0.2, -0.15) is 0 Å². The Labute approximate surface area is 178 Å². The average molecular weight is 462 g/mol. The van der Waals surface area contributed by atoms with E-state index < -0.39 is 0 Å². The number of ether oxygens (including phenoxy) is 2. The lowest BCUT2D eigenvalue weighted by atomic mass is 9.82. The smallest absolute Gasteiger partial charge is 0.162 e. The van der Waals surface area contributed by atoms with Crippen molar-refractivity contribution in [3.63, 3.8) is 0 Å². The van der Waals surface area contributed by atoms with Gasteiger partial charge < -0.3 is 15.2 Å². The monoisotopic (exact) mass is 461 g/mol. The molecule has 0 amide bonds. The zero-order chi connectivity index (χ0) is 20.3. The third kappa shape index (κ3) is 4.36. The molecule has 0 aliphatic carbocycles. The molecule has 5 nitrogen and oxygen atoms in total. The summed E-state index contributed by atoms with van der Waals surface area (Å²) in [6, 6.07) is 10.2. The van der Waals surface area contributed by atoms with Crippen molar-refractivity contribution in [2.75, 3.05) is 25.7 Å². The zero-order valence-corrected chi connectivity index (χ0v) is 18.9. The van der Waals surface area contributed by atoms with Crippen LogP contribution in [0.3, 0.4) is 0 Å². The highest BCUT2D eigenvalue weighted by Crippen LogP contribution is 2.42. The first kappa shape index (κ1) is 20.7. The highest BCUT2D eigenvalue weighted by Gasteiger charge is 2.27. The van der Waals surface area contributed by atoms with E-state index in [-0.39, 0.29) is 0 Å². The van der Waals surface area contributed by atoms with Gasteiger partial charge in [0.05, 0.1) is 19.7 Å². The van der Waals surface area contributed by atoms with Crippen LogP contribution in [0.15, 0.2) is 46.0 Å². The van der Waals surface area contributed by atoms with Crippen molar-refractivity contribution in [2.45, 2.75) is 30.6 Å². The molecule has 0 saturated heterocycles. The van der Waals surface area contributed by atoms with E-state index in [1.165, 1.54) is 33.4 Å². The van der Waals surface area contributed by atoms with Gasteiger partial charge in [-0.15, -0.1) is 11.8 Å². The minimum Gasteiger partial charge on any atom is -0.493 e. The first-order chi connectivity index (χ1) is 13.4. The fourth-order valence-corrected chi connectivity index (χ4v) is 4.96. The summed E-state index contributed by atoms with van der Waals surface area (Å²) in [4.78, 5) is 9.47. The molecule has 0 spiro atoms. The maximum absolute atomic E-state index is 5.72. The molecule has 3 aromatic rings. The van der Waals surface area contributed by atoms with E-state index in [9.17, 15) is 0 Å². The van der Waals surface area contributed by atoms with E-state index in [1.54, 1.807) is 26.4 Å². The number of fused-ring (bicyclic) bond motifs is 2. The minimum absolute atomic E-state index is 0.352. The molecule has 0 radical (unpaired) electrons. The summed E-state index contributed by atoms with van der Waals surface area (Å²) in [5, 5.41) is 0.759. The van der Waals surface area contributed by atoms with Gasteiger partial charge in [-0.25, -0.2) is 9.97 Å². The molecule has 0 bridgehead atoms. The summed E-state index contributed by atoms with van der Waals surface area (Å²) in [6.45, 7) is 4.66. The average Bonchev–Trinajstić information content (AvgIpc) is 2.68. The van der Waals surface area contributed by atoms with Crippen molar-refractivity contribution in [1.29, 1.82) is 0 Å². The van der Waals surface area contributed by atoms with Crippen LogP contribution in [0.4, 0.5) is 5.82 Å². The lowest BCUT2D eigenvalue weighted by Gasteiger charge is -2.32. The summed E-state index contributed by atoms with van der Waals surface area (Å²) in [6.07, 6.45) is 2.70. The van der Waals surface area contributed by atoms with Crippen LogP contribution in [0.2, 0.25) is 0 Å². The Hall–Kier alpha value is -1.99. The number of nitrogens with zero attached hydrogens (tertiary/aromatic N) is 2. The Morgan fingerprint density at radius 3 is 2.50 bits per heavy atom. The lowest BCUT2D eigenvalue weighted by molar-refractivity contribution is 0.356. The number of aromatic nitrogens is 2. The maximum Gasteiger partial charge on any atom is 0.162 e. The Bertz CT molecular complexity index is 995. The molecule has 2 N–H and O–H groups in total. The summed E-state index contributed by atoms with van der Waals surface area (Å²) in [5.74, 6) is 2.93. The second-order valence-corrected chi connectivity index (χ2v) is 9.16. The van der Waals surface area contributed by atoms with Gasteiger partial charge >= 0.3 is 0 Å². The molecule has 4 rings (SSSR count). The molecule has 1 aromatic heterocycles. The van der Waals surface area contributed by atoms with Gasteiger partial charge in [-0.05, 0) is 47.4 Å². The van der Waals surface area contributed by atoms with Crippen molar-refractivity contribution in [3.8, 4) is 11.5 Å². The molecule has 0 atom stereocenters. The third-order valence-electron chi connectivity index (χ3n) is 4.83. The van der Waals surface area contributed by atoms with E-state index in [1.807, 2.05) is 11.8 Å². The van der Waals surface area contributed by atoms with Gasteiger partial charge in [-0.3, -0.25) is 0 Å². The summed E-state index contributed by atoms with van der Waals surface area (Å²) in [7, 11) is 3.15. The number of nitrogens with two attached hydrogens (primary N) is 1. The largest absolute Gasteiger partial charge is 0.493 e. The number of hydrogen-bond acceptors (Lipinski definition) is 6. The molecule has 28 heavy (non-hydrogen) atoms. The topological polar surface area (TPSA) is 70.3 Å². The molecular formula is C21H24BrN3O2S. The molecule has 0 saturated carbocycles. The van der Waals surface area contributed by atoms with Crippen molar-refractivity contribution in [3.05, 3.63) is 46.7 Å². The van der Waals surface area contributed by atoms with Crippen LogP contribution in [0.1, 0.15) is 25.8 Å². The lowest BCUT2D eigenvalue weighted by Crippen LogP contribution is -2.22. The van der Waals surface area contributed by atoms with Crippen LogP contribution >= 0.6 is 27.7 Å². The Morgan fingerprint density at radius 1 is 1.07 bits per heavy atom. The number of hydrogen-bond donors (Lipinski definition) is 1. The van der Waals surface area contributed by atoms with Crippen LogP contribution in [0, 0.1) is 0 Å². The number of benzene rings is 2. The fraction of sp³-hybridized carbons (Fsp3) is 0.333. The van der Waals surface area contributed by atoms with Crippen molar-refractivity contribution < 1.29 is 9.47 Å². The van der Waals surface area contributed by atoms with Crippen LogP contribution in [-0.4, -0.2) is 29.9 Å². The van der Waals surface area contributed by atoms with Crippen LogP contribution in [0.5, 0.6) is 11.5 Å². The van der Waals surface area contributed by atoms with Crippen molar-refractivity contribution >= 4 is 44.4 Å². The quantitative estimate of drug-likeness (QED) is 0.546. The van der Waals surface area contributed by atoms with E-state index >= 15 is 0 Å². The van der Waals surface area contributed by atoms with E-state index in [2.05, 4.69) is 57.9 Å². The van der Waals surface area contributed by atoms with Gasteiger partial charge in [0, 0.05) is 20.8 Å². The van der Waals surface area contributed by atoms with Gasteiger partial charge in [-0.1, -0.05) is 29.8 Å². The van der Waals surface area contributed by atoms with E-state index in [0.717, 1.165) is 10.9 Å². The molecule has 1 aliphatic heterocycles. The summed E-state index contributed by atoms with van der Waals surface area (Å²) >= 11 is 5.51. The number of methoxy groups -OCH3 is 2. The SMILES string of the molecule is CC1(C)CCSc2ccc(Br)cc21.COc1cc2ncnc(N)c2cc1OC. The van der Waals surface area contributed by atoms with Gasteiger partial charge in [0.25, 0.3) is 0 Å². The molecule has 1 aliphatic rings. The predicted molar refractivity (Wildman–Crippen MR) is 120 cm³/mol. The molecule has 7 heteroatoms. The van der Waals surface area contributed by atoms with Crippen LogP contribution in [-0.2, 0) is 5.41 Å².